The SMILES string of the molecule is Cc1cc(C)nc([C@H]2CN(C3CCN(S(C)(=O)=O)CC3)CCO2)n1. The maximum Gasteiger partial charge on any atom is 0.211 e. The summed E-state index contributed by atoms with van der Waals surface area (Å²) in [5.74, 6) is 0.755. The Hall–Kier alpha value is -1.09. The van der Waals surface area contributed by atoms with Gasteiger partial charge >= 0.3 is 0 Å². The zero-order chi connectivity index (χ0) is 17.3. The van der Waals surface area contributed by atoms with Crippen molar-refractivity contribution >= 4 is 10.0 Å². The molecule has 2 saturated heterocycles. The monoisotopic (exact) mass is 354 g/mol. The largest absolute Gasteiger partial charge is 0.368 e. The van der Waals surface area contributed by atoms with Gasteiger partial charge in [-0.3, -0.25) is 4.90 Å². The van der Waals surface area contributed by atoms with Crippen LogP contribution >= 0.6 is 0 Å². The fraction of sp³-hybridized carbons (Fsp3) is 0.750. The van der Waals surface area contributed by atoms with Crippen LogP contribution in [-0.2, 0) is 14.8 Å². The molecule has 134 valence electrons. The molecule has 0 amide bonds. The Bertz CT molecular complexity index is 666. The van der Waals surface area contributed by atoms with Crippen molar-refractivity contribution in [3.05, 3.63) is 23.3 Å². The average molecular weight is 354 g/mol. The third-order valence-electron chi connectivity index (χ3n) is 4.79. The fourth-order valence-electron chi connectivity index (χ4n) is 3.59. The van der Waals surface area contributed by atoms with E-state index in [9.17, 15) is 8.42 Å². The van der Waals surface area contributed by atoms with Crippen LogP contribution in [0, 0.1) is 13.8 Å². The summed E-state index contributed by atoms with van der Waals surface area (Å²) in [6, 6.07) is 2.37. The molecule has 0 aliphatic carbocycles. The highest BCUT2D eigenvalue weighted by atomic mass is 32.2. The molecule has 0 saturated carbocycles. The van der Waals surface area contributed by atoms with Gasteiger partial charge in [-0.05, 0) is 32.8 Å². The van der Waals surface area contributed by atoms with Gasteiger partial charge in [0.15, 0.2) is 5.82 Å². The van der Waals surface area contributed by atoms with Crippen molar-refractivity contribution in [3.63, 3.8) is 0 Å². The van der Waals surface area contributed by atoms with Gasteiger partial charge in [-0.2, -0.15) is 0 Å². The van der Waals surface area contributed by atoms with Crippen molar-refractivity contribution in [2.24, 2.45) is 0 Å². The highest BCUT2D eigenvalue weighted by Crippen LogP contribution is 2.25. The minimum atomic E-state index is -3.07. The van der Waals surface area contributed by atoms with Gasteiger partial charge in [0.1, 0.15) is 6.10 Å². The standard InChI is InChI=1S/C16H26N4O3S/c1-12-10-13(2)18-16(17-12)15-11-19(8-9-23-15)14-4-6-20(7-5-14)24(3,21)22/h10,14-15H,4-9,11H2,1-3H3/t15-/m1/s1. The first-order chi connectivity index (χ1) is 11.3. The summed E-state index contributed by atoms with van der Waals surface area (Å²) < 4.78 is 30.8. The molecule has 1 aromatic heterocycles. The molecule has 2 aliphatic rings. The Morgan fingerprint density at radius 3 is 2.33 bits per heavy atom. The second kappa shape index (κ2) is 7.03. The first kappa shape index (κ1) is 17.7. The van der Waals surface area contributed by atoms with Gasteiger partial charge < -0.3 is 4.74 Å². The van der Waals surface area contributed by atoms with Crippen molar-refractivity contribution in [2.45, 2.75) is 38.8 Å². The number of morpholine rings is 1. The van der Waals surface area contributed by atoms with E-state index in [0.29, 0.717) is 25.7 Å². The number of hydrogen-bond donors (Lipinski definition) is 0. The van der Waals surface area contributed by atoms with E-state index in [4.69, 9.17) is 4.74 Å². The van der Waals surface area contributed by atoms with E-state index in [1.54, 1.807) is 4.31 Å². The lowest BCUT2D eigenvalue weighted by atomic mass is 10.0. The summed E-state index contributed by atoms with van der Waals surface area (Å²) in [5.41, 5.74) is 1.92. The van der Waals surface area contributed by atoms with Crippen LogP contribution < -0.4 is 0 Å². The van der Waals surface area contributed by atoms with E-state index >= 15 is 0 Å². The summed E-state index contributed by atoms with van der Waals surface area (Å²) in [4.78, 5) is 11.5. The summed E-state index contributed by atoms with van der Waals surface area (Å²) in [6.07, 6.45) is 2.92. The minimum Gasteiger partial charge on any atom is -0.368 e. The maximum absolute atomic E-state index is 11.6. The zero-order valence-corrected chi connectivity index (χ0v) is 15.4. The molecule has 2 fully saturated rings. The Labute approximate surface area is 144 Å². The van der Waals surface area contributed by atoms with Crippen LogP contribution in [0.3, 0.4) is 0 Å². The van der Waals surface area contributed by atoms with Crippen LogP contribution in [0.5, 0.6) is 0 Å². The first-order valence-corrected chi connectivity index (χ1v) is 10.3. The molecular weight excluding hydrogens is 328 g/mol. The third kappa shape index (κ3) is 4.11. The lowest BCUT2D eigenvalue weighted by Crippen LogP contribution is -2.50. The number of aromatic nitrogens is 2. The lowest BCUT2D eigenvalue weighted by Gasteiger charge is -2.41. The van der Waals surface area contributed by atoms with E-state index in [-0.39, 0.29) is 6.10 Å². The molecule has 7 nitrogen and oxygen atoms in total. The fourth-order valence-corrected chi connectivity index (χ4v) is 4.47. The molecule has 1 atom stereocenters. The number of hydrogen-bond acceptors (Lipinski definition) is 6. The summed E-state index contributed by atoms with van der Waals surface area (Å²) in [7, 11) is -3.07. The quantitative estimate of drug-likeness (QED) is 0.802. The average Bonchev–Trinajstić information content (AvgIpc) is 2.53. The summed E-state index contributed by atoms with van der Waals surface area (Å²) >= 11 is 0. The third-order valence-corrected chi connectivity index (χ3v) is 6.10. The number of piperidine rings is 1. The van der Waals surface area contributed by atoms with E-state index in [1.807, 2.05) is 19.9 Å². The Kier molecular flexibility index (Phi) is 5.19. The normalized spacial score (nSPS) is 25.0. The molecule has 0 bridgehead atoms. The second-order valence-corrected chi connectivity index (χ2v) is 8.74. The topological polar surface area (TPSA) is 75.6 Å². The Morgan fingerprint density at radius 1 is 1.12 bits per heavy atom. The smallest absolute Gasteiger partial charge is 0.211 e. The van der Waals surface area contributed by atoms with Crippen LogP contribution in [0.25, 0.3) is 0 Å². The van der Waals surface area contributed by atoms with Crippen molar-refractivity contribution in [1.82, 2.24) is 19.2 Å². The van der Waals surface area contributed by atoms with Crippen LogP contribution in [0.2, 0.25) is 0 Å². The Balaban J connectivity index is 1.64. The van der Waals surface area contributed by atoms with Crippen LogP contribution in [0.4, 0.5) is 0 Å². The van der Waals surface area contributed by atoms with Crippen molar-refractivity contribution in [3.8, 4) is 0 Å². The van der Waals surface area contributed by atoms with Gasteiger partial charge in [-0.15, -0.1) is 0 Å². The second-order valence-electron chi connectivity index (χ2n) is 6.76. The lowest BCUT2D eigenvalue weighted by molar-refractivity contribution is -0.0548. The van der Waals surface area contributed by atoms with Crippen molar-refractivity contribution < 1.29 is 13.2 Å². The van der Waals surface area contributed by atoms with Gasteiger partial charge in [0.25, 0.3) is 0 Å². The van der Waals surface area contributed by atoms with E-state index < -0.39 is 10.0 Å². The molecule has 2 aliphatic heterocycles. The highest BCUT2D eigenvalue weighted by molar-refractivity contribution is 7.88. The number of ether oxygens (including phenoxy) is 1. The molecule has 3 rings (SSSR count). The molecule has 0 spiro atoms. The molecular formula is C16H26N4O3S. The van der Waals surface area contributed by atoms with Gasteiger partial charge in [-0.1, -0.05) is 0 Å². The maximum atomic E-state index is 11.6. The van der Waals surface area contributed by atoms with Gasteiger partial charge in [0.2, 0.25) is 10.0 Å². The molecule has 8 heteroatoms. The van der Waals surface area contributed by atoms with Crippen molar-refractivity contribution in [2.75, 3.05) is 39.0 Å². The number of nitrogens with zero attached hydrogens (tertiary/aromatic N) is 4. The van der Waals surface area contributed by atoms with Crippen LogP contribution in [-0.4, -0.2) is 72.7 Å². The van der Waals surface area contributed by atoms with Crippen LogP contribution in [0.15, 0.2) is 6.07 Å². The van der Waals surface area contributed by atoms with E-state index in [2.05, 4.69) is 14.9 Å². The minimum absolute atomic E-state index is 0.106. The molecule has 0 N–H and O–H groups in total. The predicted octanol–water partition coefficient (Wildman–Crippen LogP) is 0.891. The molecule has 0 radical (unpaired) electrons. The highest BCUT2D eigenvalue weighted by Gasteiger charge is 2.32. The van der Waals surface area contributed by atoms with Gasteiger partial charge in [0, 0.05) is 43.6 Å². The molecule has 1 aromatic rings. The predicted molar refractivity (Wildman–Crippen MR) is 91.2 cm³/mol. The van der Waals surface area contributed by atoms with E-state index in [0.717, 1.165) is 43.1 Å². The number of sulfonamides is 1. The van der Waals surface area contributed by atoms with E-state index in [1.165, 1.54) is 6.26 Å². The van der Waals surface area contributed by atoms with Crippen molar-refractivity contribution in [1.29, 1.82) is 0 Å². The number of aryl methyl sites for hydroxylation is 2. The molecule has 3 heterocycles. The Morgan fingerprint density at radius 2 is 1.75 bits per heavy atom. The van der Waals surface area contributed by atoms with Crippen LogP contribution in [0.1, 0.15) is 36.2 Å². The molecule has 0 unspecified atom stereocenters. The van der Waals surface area contributed by atoms with Gasteiger partial charge in [0.05, 0.1) is 12.9 Å². The first-order valence-electron chi connectivity index (χ1n) is 8.46. The number of rotatable bonds is 3. The van der Waals surface area contributed by atoms with Gasteiger partial charge in [-0.25, -0.2) is 22.7 Å². The summed E-state index contributed by atoms with van der Waals surface area (Å²) in [6.45, 7) is 7.46. The molecule has 24 heavy (non-hydrogen) atoms. The zero-order valence-electron chi connectivity index (χ0n) is 14.6. The molecule has 0 aromatic carbocycles. The summed E-state index contributed by atoms with van der Waals surface area (Å²) in [5, 5.41) is 0.